The summed E-state index contributed by atoms with van der Waals surface area (Å²) < 4.78 is 0. The van der Waals surface area contributed by atoms with Gasteiger partial charge < -0.3 is 15.2 Å². The monoisotopic (exact) mass is 498 g/mol. The number of nitrogens with one attached hydrogen (secondary N) is 2. The number of carbonyl (C=O) groups is 3. The van der Waals surface area contributed by atoms with Crippen molar-refractivity contribution in [3.63, 3.8) is 0 Å². The first-order chi connectivity index (χ1) is 17.5. The number of urea groups is 1. The molecule has 4 aromatic rings. The standard InChI is InChI=1S/C28H23ClN4O3/c29-21-8-9-24-23(14-21)19(15-31-24)10-11-30-26(34)18-6-3-7-22(12-18)33-27(35)25-13-17-4-1-2-5-20(17)16-32(25)28(33)36/h1-9,12,14-15,25,31H,10-11,13,16H2,(H,30,34). The van der Waals surface area contributed by atoms with Crippen LogP contribution in [-0.2, 0) is 24.2 Å². The van der Waals surface area contributed by atoms with E-state index in [4.69, 9.17) is 11.6 Å². The predicted octanol–water partition coefficient (Wildman–Crippen LogP) is 4.69. The van der Waals surface area contributed by atoms with Crippen LogP contribution in [0.3, 0.4) is 0 Å². The summed E-state index contributed by atoms with van der Waals surface area (Å²) in [6.07, 6.45) is 3.05. The van der Waals surface area contributed by atoms with Gasteiger partial charge in [0.05, 0.1) is 5.69 Å². The Kier molecular flexibility index (Phi) is 5.49. The van der Waals surface area contributed by atoms with Crippen LogP contribution < -0.4 is 10.2 Å². The molecule has 0 radical (unpaired) electrons. The minimum atomic E-state index is -0.519. The van der Waals surface area contributed by atoms with Crippen LogP contribution >= 0.6 is 11.6 Å². The molecule has 2 aliphatic rings. The van der Waals surface area contributed by atoms with E-state index in [1.165, 1.54) is 4.90 Å². The number of rotatable bonds is 5. The van der Waals surface area contributed by atoms with Gasteiger partial charge in [-0.05, 0) is 59.5 Å². The molecule has 3 heterocycles. The van der Waals surface area contributed by atoms with Crippen LogP contribution in [0.2, 0.25) is 5.02 Å². The van der Waals surface area contributed by atoms with Crippen LogP contribution in [0.1, 0.15) is 27.0 Å². The number of halogens is 1. The third-order valence-corrected chi connectivity index (χ3v) is 7.20. The SMILES string of the molecule is O=C(NCCc1c[nH]c2ccc(Cl)cc12)c1cccc(N2C(=O)C3Cc4ccccc4CN3C2=O)c1. The van der Waals surface area contributed by atoms with Crippen molar-refractivity contribution in [3.8, 4) is 0 Å². The van der Waals surface area contributed by atoms with Crippen molar-refractivity contribution in [1.29, 1.82) is 0 Å². The summed E-state index contributed by atoms with van der Waals surface area (Å²) in [6, 6.07) is 19.3. The molecule has 8 heteroatoms. The van der Waals surface area contributed by atoms with Crippen molar-refractivity contribution in [3.05, 3.63) is 100 Å². The number of hydrogen-bond donors (Lipinski definition) is 2. The fourth-order valence-electron chi connectivity index (χ4n) is 5.11. The Morgan fingerprint density at radius 1 is 1.03 bits per heavy atom. The molecule has 2 aliphatic heterocycles. The van der Waals surface area contributed by atoms with E-state index < -0.39 is 6.04 Å². The van der Waals surface area contributed by atoms with Gasteiger partial charge in [0.2, 0.25) is 0 Å². The number of fused-ring (bicyclic) bond motifs is 3. The number of benzene rings is 3. The zero-order valence-electron chi connectivity index (χ0n) is 19.3. The Balaban J connectivity index is 1.15. The molecule has 1 atom stereocenters. The minimum absolute atomic E-state index is 0.259. The maximum absolute atomic E-state index is 13.2. The summed E-state index contributed by atoms with van der Waals surface area (Å²) in [5, 5.41) is 4.63. The molecule has 3 aromatic carbocycles. The lowest BCUT2D eigenvalue weighted by Crippen LogP contribution is -2.39. The van der Waals surface area contributed by atoms with E-state index in [0.717, 1.165) is 27.6 Å². The summed E-state index contributed by atoms with van der Waals surface area (Å²) in [6.45, 7) is 0.833. The predicted molar refractivity (Wildman–Crippen MR) is 138 cm³/mol. The van der Waals surface area contributed by atoms with Gasteiger partial charge in [0.15, 0.2) is 0 Å². The van der Waals surface area contributed by atoms with Crippen LogP contribution in [-0.4, -0.2) is 40.3 Å². The molecule has 1 saturated heterocycles. The van der Waals surface area contributed by atoms with Crippen molar-refractivity contribution in [1.82, 2.24) is 15.2 Å². The summed E-state index contributed by atoms with van der Waals surface area (Å²) in [5.41, 5.74) is 5.00. The molecule has 36 heavy (non-hydrogen) atoms. The Morgan fingerprint density at radius 2 is 1.86 bits per heavy atom. The number of H-pyrrole nitrogens is 1. The summed E-state index contributed by atoms with van der Waals surface area (Å²) >= 11 is 6.13. The number of imide groups is 1. The van der Waals surface area contributed by atoms with E-state index >= 15 is 0 Å². The molecule has 4 amide bonds. The number of aromatic nitrogens is 1. The van der Waals surface area contributed by atoms with Gasteiger partial charge in [-0.3, -0.25) is 9.59 Å². The second-order valence-electron chi connectivity index (χ2n) is 9.13. The van der Waals surface area contributed by atoms with E-state index in [2.05, 4.69) is 10.3 Å². The van der Waals surface area contributed by atoms with Crippen LogP contribution in [0.5, 0.6) is 0 Å². The fourth-order valence-corrected chi connectivity index (χ4v) is 5.28. The molecule has 2 N–H and O–H groups in total. The first kappa shape index (κ1) is 22.4. The van der Waals surface area contributed by atoms with Crippen LogP contribution in [0.15, 0.2) is 72.9 Å². The summed E-state index contributed by atoms with van der Waals surface area (Å²) in [4.78, 5) is 45.3. The van der Waals surface area contributed by atoms with Gasteiger partial charge in [-0.25, -0.2) is 9.69 Å². The summed E-state index contributed by atoms with van der Waals surface area (Å²) in [7, 11) is 0. The van der Waals surface area contributed by atoms with E-state index in [1.54, 1.807) is 29.2 Å². The quantitative estimate of drug-likeness (QED) is 0.391. The molecule has 180 valence electrons. The van der Waals surface area contributed by atoms with Gasteiger partial charge in [0.25, 0.3) is 11.8 Å². The lowest BCUT2D eigenvalue weighted by molar-refractivity contribution is -0.120. The van der Waals surface area contributed by atoms with Crippen molar-refractivity contribution in [2.45, 2.75) is 25.4 Å². The molecule has 6 rings (SSSR count). The number of aromatic amines is 1. The van der Waals surface area contributed by atoms with Gasteiger partial charge in [-0.2, -0.15) is 0 Å². The third-order valence-electron chi connectivity index (χ3n) is 6.97. The Morgan fingerprint density at radius 3 is 2.72 bits per heavy atom. The van der Waals surface area contributed by atoms with Gasteiger partial charge in [-0.1, -0.05) is 41.9 Å². The van der Waals surface area contributed by atoms with E-state index in [0.29, 0.717) is 42.2 Å². The topological polar surface area (TPSA) is 85.5 Å². The number of carbonyl (C=O) groups excluding carboxylic acids is 3. The highest BCUT2D eigenvalue weighted by molar-refractivity contribution is 6.31. The Labute approximate surface area is 212 Å². The molecule has 1 unspecified atom stereocenters. The first-order valence-electron chi connectivity index (χ1n) is 11.8. The molecular formula is C28H23ClN4O3. The zero-order chi connectivity index (χ0) is 24.8. The van der Waals surface area contributed by atoms with Gasteiger partial charge in [-0.15, -0.1) is 0 Å². The maximum Gasteiger partial charge on any atom is 0.332 e. The van der Waals surface area contributed by atoms with Crippen LogP contribution in [0.25, 0.3) is 10.9 Å². The Bertz CT molecular complexity index is 1490. The highest BCUT2D eigenvalue weighted by Gasteiger charge is 2.47. The second-order valence-corrected chi connectivity index (χ2v) is 9.57. The lowest BCUT2D eigenvalue weighted by atomic mass is 9.95. The maximum atomic E-state index is 13.2. The molecule has 0 bridgehead atoms. The van der Waals surface area contributed by atoms with Gasteiger partial charge >= 0.3 is 6.03 Å². The second kappa shape index (κ2) is 8.84. The fraction of sp³-hybridized carbons (Fsp3) is 0.179. The van der Waals surface area contributed by atoms with Crippen molar-refractivity contribution in [2.24, 2.45) is 0 Å². The van der Waals surface area contributed by atoms with Crippen molar-refractivity contribution < 1.29 is 14.4 Å². The highest BCUT2D eigenvalue weighted by Crippen LogP contribution is 2.33. The number of amides is 4. The molecule has 1 aromatic heterocycles. The normalized spacial score (nSPS) is 16.9. The third kappa shape index (κ3) is 3.82. The average molecular weight is 499 g/mol. The summed E-state index contributed by atoms with van der Waals surface area (Å²) in [5.74, 6) is -0.524. The molecule has 1 fully saturated rings. The number of anilines is 1. The zero-order valence-corrected chi connectivity index (χ0v) is 20.1. The van der Waals surface area contributed by atoms with E-state index in [9.17, 15) is 14.4 Å². The van der Waals surface area contributed by atoms with Crippen molar-refractivity contribution in [2.75, 3.05) is 11.4 Å². The smallest absolute Gasteiger partial charge is 0.332 e. The molecular weight excluding hydrogens is 476 g/mol. The lowest BCUT2D eigenvalue weighted by Gasteiger charge is -2.28. The van der Waals surface area contributed by atoms with Gasteiger partial charge in [0.1, 0.15) is 6.04 Å². The highest BCUT2D eigenvalue weighted by atomic mass is 35.5. The molecule has 0 saturated carbocycles. The van der Waals surface area contributed by atoms with Crippen LogP contribution in [0.4, 0.5) is 10.5 Å². The van der Waals surface area contributed by atoms with E-state index in [1.807, 2.05) is 48.7 Å². The van der Waals surface area contributed by atoms with Crippen molar-refractivity contribution >= 4 is 46.0 Å². The molecule has 0 spiro atoms. The average Bonchev–Trinajstić information content (AvgIpc) is 3.40. The first-order valence-corrected chi connectivity index (χ1v) is 12.2. The molecule has 0 aliphatic carbocycles. The van der Waals surface area contributed by atoms with E-state index in [-0.39, 0.29) is 17.8 Å². The minimum Gasteiger partial charge on any atom is -0.361 e. The Hall–Kier alpha value is -4.10. The van der Waals surface area contributed by atoms with Crippen LogP contribution in [0, 0.1) is 0 Å². The molecule has 7 nitrogen and oxygen atoms in total. The number of hydrogen-bond acceptors (Lipinski definition) is 3. The van der Waals surface area contributed by atoms with Gasteiger partial charge in [0, 0.05) is 47.2 Å². The number of nitrogens with zero attached hydrogens (tertiary/aromatic N) is 2. The largest absolute Gasteiger partial charge is 0.361 e.